The largest absolute Gasteiger partial charge is 0.490 e. The molecule has 0 amide bonds. The van der Waals surface area contributed by atoms with Crippen molar-refractivity contribution < 1.29 is 18.8 Å². The lowest BCUT2D eigenvalue weighted by Crippen LogP contribution is -2.00. The zero-order chi connectivity index (χ0) is 22.2. The van der Waals surface area contributed by atoms with Gasteiger partial charge in [-0.3, -0.25) is 10.1 Å². The highest BCUT2D eigenvalue weighted by atomic mass is 19.1. The second-order valence-electron chi connectivity index (χ2n) is 6.53. The Morgan fingerprint density at radius 2 is 1.87 bits per heavy atom. The minimum absolute atomic E-state index is 0.0850. The third kappa shape index (κ3) is 5.67. The summed E-state index contributed by atoms with van der Waals surface area (Å²) in [6.45, 7) is 2.50. The Balaban J connectivity index is 1.86. The van der Waals surface area contributed by atoms with Crippen LogP contribution in [0.15, 0.2) is 66.7 Å². The minimum Gasteiger partial charge on any atom is -0.490 e. The number of ether oxygens (including phenoxy) is 2. The lowest BCUT2D eigenvalue weighted by atomic mass is 10.0. The summed E-state index contributed by atoms with van der Waals surface area (Å²) in [6.07, 6.45) is 1.63. The molecule has 0 unspecified atom stereocenters. The van der Waals surface area contributed by atoms with Crippen LogP contribution >= 0.6 is 0 Å². The Labute approximate surface area is 178 Å². The van der Waals surface area contributed by atoms with Gasteiger partial charge in [-0.25, -0.2) is 4.39 Å². The van der Waals surface area contributed by atoms with Crippen molar-refractivity contribution in [1.82, 2.24) is 0 Å². The maximum Gasteiger partial charge on any atom is 0.270 e. The maximum atomic E-state index is 13.1. The summed E-state index contributed by atoms with van der Waals surface area (Å²) in [5, 5.41) is 20.6. The number of halogens is 1. The van der Waals surface area contributed by atoms with Crippen LogP contribution in [0.3, 0.4) is 0 Å². The second kappa shape index (κ2) is 10.0. The summed E-state index contributed by atoms with van der Waals surface area (Å²) in [6, 6.07) is 19.2. The van der Waals surface area contributed by atoms with Crippen molar-refractivity contribution in [3.8, 4) is 17.6 Å². The number of nitriles is 1. The fourth-order valence-corrected chi connectivity index (χ4v) is 2.88. The molecule has 0 atom stereocenters. The zero-order valence-corrected chi connectivity index (χ0v) is 16.7. The molecule has 0 aliphatic heterocycles. The molecule has 0 radical (unpaired) electrons. The molecule has 0 fully saturated rings. The Kier molecular flexibility index (Phi) is 6.97. The normalized spacial score (nSPS) is 10.9. The van der Waals surface area contributed by atoms with Gasteiger partial charge in [-0.2, -0.15) is 5.26 Å². The molecule has 0 aliphatic carbocycles. The Morgan fingerprint density at radius 3 is 2.55 bits per heavy atom. The number of nitrogens with zero attached hydrogens (tertiary/aromatic N) is 2. The molecular formula is C24H19FN2O4. The quantitative estimate of drug-likeness (QED) is 0.200. The van der Waals surface area contributed by atoms with Crippen LogP contribution < -0.4 is 9.47 Å². The van der Waals surface area contributed by atoms with Crippen LogP contribution in [0.25, 0.3) is 11.6 Å². The van der Waals surface area contributed by atoms with E-state index in [4.69, 9.17) is 9.47 Å². The van der Waals surface area contributed by atoms with E-state index in [0.717, 1.165) is 5.56 Å². The lowest BCUT2D eigenvalue weighted by Gasteiger charge is -2.13. The number of hydrogen-bond acceptors (Lipinski definition) is 5. The fraction of sp³-hybridized carbons (Fsp3) is 0.125. The SMILES string of the molecule is CCOc1cc(/C=C(/C#N)c2cccc([N+](=O)[O-])c2)ccc1OCc1ccc(F)cc1. The number of nitro benzene ring substituents is 1. The molecule has 156 valence electrons. The smallest absolute Gasteiger partial charge is 0.270 e. The predicted octanol–water partition coefficient (Wildman–Crippen LogP) is 5.78. The van der Waals surface area contributed by atoms with Crippen LogP contribution in [0.2, 0.25) is 0 Å². The average Bonchev–Trinajstić information content (AvgIpc) is 2.78. The lowest BCUT2D eigenvalue weighted by molar-refractivity contribution is -0.384. The number of nitro groups is 1. The van der Waals surface area contributed by atoms with Crippen molar-refractivity contribution >= 4 is 17.3 Å². The standard InChI is InChI=1S/C24H19FN2O4/c1-2-30-24-13-18(8-11-23(24)31-16-17-6-9-21(25)10-7-17)12-20(15-26)19-4-3-5-22(14-19)27(28)29/h3-14H,2,16H2,1H3/b20-12-. The van der Waals surface area contributed by atoms with Crippen molar-refractivity contribution in [1.29, 1.82) is 5.26 Å². The molecule has 0 heterocycles. The second-order valence-corrected chi connectivity index (χ2v) is 6.53. The Hall–Kier alpha value is -4.18. The topological polar surface area (TPSA) is 85.4 Å². The van der Waals surface area contributed by atoms with Crippen LogP contribution in [0.4, 0.5) is 10.1 Å². The van der Waals surface area contributed by atoms with Gasteiger partial charge in [-0.15, -0.1) is 0 Å². The van der Waals surface area contributed by atoms with Crippen LogP contribution in [-0.2, 0) is 6.61 Å². The molecule has 0 N–H and O–H groups in total. The molecular weight excluding hydrogens is 399 g/mol. The molecule has 0 saturated heterocycles. The third-order valence-corrected chi connectivity index (χ3v) is 4.37. The molecule has 6 nitrogen and oxygen atoms in total. The number of rotatable bonds is 8. The number of hydrogen-bond donors (Lipinski definition) is 0. The van der Waals surface area contributed by atoms with E-state index in [1.807, 2.05) is 6.92 Å². The van der Waals surface area contributed by atoms with Gasteiger partial charge >= 0.3 is 0 Å². The van der Waals surface area contributed by atoms with Gasteiger partial charge in [0.2, 0.25) is 0 Å². The van der Waals surface area contributed by atoms with Gasteiger partial charge in [0, 0.05) is 12.1 Å². The summed E-state index contributed by atoms with van der Waals surface area (Å²) in [5.41, 5.74) is 2.14. The number of non-ortho nitro benzene ring substituents is 1. The van der Waals surface area contributed by atoms with Crippen LogP contribution in [0.5, 0.6) is 11.5 Å². The van der Waals surface area contributed by atoms with E-state index in [0.29, 0.717) is 29.2 Å². The minimum atomic E-state index is -0.501. The zero-order valence-electron chi connectivity index (χ0n) is 16.7. The highest BCUT2D eigenvalue weighted by Gasteiger charge is 2.11. The Bertz CT molecular complexity index is 1150. The van der Waals surface area contributed by atoms with Crippen molar-refractivity contribution in [3.05, 3.63) is 99.4 Å². The van der Waals surface area contributed by atoms with E-state index in [2.05, 4.69) is 6.07 Å². The summed E-state index contributed by atoms with van der Waals surface area (Å²) in [5.74, 6) is 0.693. The van der Waals surface area contributed by atoms with E-state index in [1.54, 1.807) is 42.5 Å². The molecule has 31 heavy (non-hydrogen) atoms. The van der Waals surface area contributed by atoms with Gasteiger partial charge in [-0.1, -0.05) is 30.3 Å². The van der Waals surface area contributed by atoms with E-state index < -0.39 is 4.92 Å². The van der Waals surface area contributed by atoms with Gasteiger partial charge < -0.3 is 9.47 Å². The summed E-state index contributed by atoms with van der Waals surface area (Å²) in [7, 11) is 0. The average molecular weight is 418 g/mol. The van der Waals surface area contributed by atoms with Gasteiger partial charge in [0.15, 0.2) is 11.5 Å². The first-order chi connectivity index (χ1) is 15.0. The van der Waals surface area contributed by atoms with Gasteiger partial charge in [0.05, 0.1) is 23.2 Å². The predicted molar refractivity (Wildman–Crippen MR) is 115 cm³/mol. The third-order valence-electron chi connectivity index (χ3n) is 4.37. The molecule has 3 rings (SSSR count). The van der Waals surface area contributed by atoms with Gasteiger partial charge in [0.1, 0.15) is 12.4 Å². The molecule has 0 aromatic heterocycles. The monoisotopic (exact) mass is 418 g/mol. The number of benzene rings is 3. The molecule has 0 bridgehead atoms. The highest BCUT2D eigenvalue weighted by Crippen LogP contribution is 2.31. The van der Waals surface area contributed by atoms with Gasteiger partial charge in [0.25, 0.3) is 5.69 Å². The summed E-state index contributed by atoms with van der Waals surface area (Å²) >= 11 is 0. The first-order valence-corrected chi connectivity index (χ1v) is 9.51. The van der Waals surface area contributed by atoms with E-state index >= 15 is 0 Å². The van der Waals surface area contributed by atoms with Crippen LogP contribution in [-0.4, -0.2) is 11.5 Å². The van der Waals surface area contributed by atoms with Crippen LogP contribution in [0.1, 0.15) is 23.6 Å². The molecule has 3 aromatic carbocycles. The molecule has 0 aliphatic rings. The van der Waals surface area contributed by atoms with Crippen molar-refractivity contribution in [2.24, 2.45) is 0 Å². The summed E-state index contributed by atoms with van der Waals surface area (Å²) < 4.78 is 24.5. The fourth-order valence-electron chi connectivity index (χ4n) is 2.88. The first kappa shape index (κ1) is 21.5. The number of allylic oxidation sites excluding steroid dienone is 1. The molecule has 0 spiro atoms. The maximum absolute atomic E-state index is 13.1. The molecule has 3 aromatic rings. The molecule has 7 heteroatoms. The molecule has 0 saturated carbocycles. The van der Waals surface area contributed by atoms with Crippen molar-refractivity contribution in [3.63, 3.8) is 0 Å². The Morgan fingerprint density at radius 1 is 1.10 bits per heavy atom. The van der Waals surface area contributed by atoms with E-state index in [9.17, 15) is 19.8 Å². The van der Waals surface area contributed by atoms with Crippen molar-refractivity contribution in [2.45, 2.75) is 13.5 Å². The van der Waals surface area contributed by atoms with Gasteiger partial charge in [-0.05, 0) is 54.0 Å². The van der Waals surface area contributed by atoms with Crippen molar-refractivity contribution in [2.75, 3.05) is 6.61 Å². The van der Waals surface area contributed by atoms with E-state index in [-0.39, 0.29) is 23.7 Å². The summed E-state index contributed by atoms with van der Waals surface area (Å²) in [4.78, 5) is 10.5. The highest BCUT2D eigenvalue weighted by molar-refractivity contribution is 5.90. The van der Waals surface area contributed by atoms with Crippen LogP contribution in [0, 0.1) is 27.3 Å². The first-order valence-electron chi connectivity index (χ1n) is 9.51. The van der Waals surface area contributed by atoms with E-state index in [1.165, 1.54) is 30.3 Å².